The van der Waals surface area contributed by atoms with Crippen molar-refractivity contribution in [1.82, 2.24) is 4.98 Å². The van der Waals surface area contributed by atoms with Gasteiger partial charge >= 0.3 is 0 Å². The Morgan fingerprint density at radius 1 is 1.36 bits per heavy atom. The molecule has 2 rings (SSSR count). The lowest BCUT2D eigenvalue weighted by atomic mass is 10.2. The third-order valence-corrected chi connectivity index (χ3v) is 3.60. The molecule has 1 aromatic carbocycles. The van der Waals surface area contributed by atoms with Crippen LogP contribution >= 0.6 is 39.1 Å². The standard InChI is InChI=1S/C15H11BrCl2N2O2/c1-22-15-9(6-11(17)7-12(15)18)2-5-14(21)20-13-4-3-10(16)8-19-13/h2-8H,1H3,(H,19,20,21)/b5-2+. The van der Waals surface area contributed by atoms with Gasteiger partial charge in [-0.25, -0.2) is 4.98 Å². The topological polar surface area (TPSA) is 51.2 Å². The van der Waals surface area contributed by atoms with Gasteiger partial charge in [-0.2, -0.15) is 0 Å². The highest BCUT2D eigenvalue weighted by Gasteiger charge is 2.08. The van der Waals surface area contributed by atoms with Crippen LogP contribution in [-0.4, -0.2) is 18.0 Å². The molecule has 0 aliphatic carbocycles. The number of hydrogen-bond acceptors (Lipinski definition) is 3. The monoisotopic (exact) mass is 400 g/mol. The van der Waals surface area contributed by atoms with E-state index < -0.39 is 0 Å². The predicted molar refractivity (Wildman–Crippen MR) is 92.6 cm³/mol. The third kappa shape index (κ3) is 4.47. The van der Waals surface area contributed by atoms with E-state index in [-0.39, 0.29) is 5.91 Å². The van der Waals surface area contributed by atoms with Crippen LogP contribution in [0.5, 0.6) is 5.75 Å². The second kappa shape index (κ2) is 7.63. The summed E-state index contributed by atoms with van der Waals surface area (Å²) in [6, 6.07) is 6.71. The summed E-state index contributed by atoms with van der Waals surface area (Å²) in [6.45, 7) is 0. The molecule has 0 saturated heterocycles. The average Bonchev–Trinajstić information content (AvgIpc) is 2.47. The molecule has 0 bridgehead atoms. The SMILES string of the molecule is COc1c(Cl)cc(Cl)cc1/C=C/C(=O)Nc1ccc(Br)cn1. The molecular formula is C15H11BrCl2N2O2. The summed E-state index contributed by atoms with van der Waals surface area (Å²) in [6.07, 6.45) is 4.53. The molecule has 1 N–H and O–H groups in total. The van der Waals surface area contributed by atoms with Crippen LogP contribution in [0.3, 0.4) is 0 Å². The van der Waals surface area contributed by atoms with Gasteiger partial charge in [0.25, 0.3) is 0 Å². The molecule has 22 heavy (non-hydrogen) atoms. The van der Waals surface area contributed by atoms with Gasteiger partial charge in [-0.3, -0.25) is 4.79 Å². The van der Waals surface area contributed by atoms with Gasteiger partial charge in [-0.15, -0.1) is 0 Å². The van der Waals surface area contributed by atoms with E-state index in [0.29, 0.717) is 27.2 Å². The van der Waals surface area contributed by atoms with E-state index in [1.54, 1.807) is 36.5 Å². The lowest BCUT2D eigenvalue weighted by Gasteiger charge is -2.07. The second-order valence-electron chi connectivity index (χ2n) is 4.19. The molecule has 0 radical (unpaired) electrons. The van der Waals surface area contributed by atoms with Crippen molar-refractivity contribution in [2.24, 2.45) is 0 Å². The Hall–Kier alpha value is -1.56. The Bertz CT molecular complexity index is 718. The maximum atomic E-state index is 11.9. The first kappa shape index (κ1) is 16.8. The molecule has 0 fully saturated rings. The van der Waals surface area contributed by atoms with Crippen molar-refractivity contribution in [3.05, 3.63) is 56.6 Å². The molecule has 7 heteroatoms. The second-order valence-corrected chi connectivity index (χ2v) is 5.95. The van der Waals surface area contributed by atoms with E-state index in [4.69, 9.17) is 27.9 Å². The number of pyridine rings is 1. The van der Waals surface area contributed by atoms with Crippen LogP contribution in [0.15, 0.2) is 41.0 Å². The number of rotatable bonds is 4. The summed E-state index contributed by atoms with van der Waals surface area (Å²) in [5.74, 6) is 0.582. The smallest absolute Gasteiger partial charge is 0.249 e. The minimum Gasteiger partial charge on any atom is -0.495 e. The summed E-state index contributed by atoms with van der Waals surface area (Å²) < 4.78 is 6.04. The molecule has 0 atom stereocenters. The van der Waals surface area contributed by atoms with E-state index in [0.717, 1.165) is 4.47 Å². The number of nitrogens with one attached hydrogen (secondary N) is 1. The van der Waals surface area contributed by atoms with E-state index >= 15 is 0 Å². The highest BCUT2D eigenvalue weighted by molar-refractivity contribution is 9.10. The highest BCUT2D eigenvalue weighted by atomic mass is 79.9. The summed E-state index contributed by atoms with van der Waals surface area (Å²) >= 11 is 15.3. The van der Waals surface area contributed by atoms with Crippen LogP contribution in [0.2, 0.25) is 10.0 Å². The maximum absolute atomic E-state index is 11.9. The fourth-order valence-corrected chi connectivity index (χ4v) is 2.52. The number of methoxy groups -OCH3 is 1. The van der Waals surface area contributed by atoms with Crippen molar-refractivity contribution in [3.63, 3.8) is 0 Å². The lowest BCUT2D eigenvalue weighted by Crippen LogP contribution is -2.08. The summed E-state index contributed by atoms with van der Waals surface area (Å²) in [5.41, 5.74) is 0.610. The van der Waals surface area contributed by atoms with E-state index in [1.807, 2.05) is 0 Å². The van der Waals surface area contributed by atoms with Crippen LogP contribution in [-0.2, 0) is 4.79 Å². The van der Waals surface area contributed by atoms with Crippen LogP contribution in [0.4, 0.5) is 5.82 Å². The van der Waals surface area contributed by atoms with Gasteiger partial charge in [-0.1, -0.05) is 23.2 Å². The summed E-state index contributed by atoms with van der Waals surface area (Å²) in [5, 5.41) is 3.48. The van der Waals surface area contributed by atoms with Crippen LogP contribution in [0, 0.1) is 0 Å². The maximum Gasteiger partial charge on any atom is 0.249 e. The van der Waals surface area contributed by atoms with Crippen LogP contribution < -0.4 is 10.1 Å². The molecule has 1 amide bonds. The number of carbonyl (C=O) groups is 1. The molecule has 114 valence electrons. The summed E-state index contributed by atoms with van der Waals surface area (Å²) in [4.78, 5) is 15.9. The predicted octanol–water partition coefficient (Wildman–Crippen LogP) is 4.81. The number of carbonyl (C=O) groups excluding carboxylic acids is 1. The molecule has 0 unspecified atom stereocenters. The molecule has 0 aliphatic rings. The van der Waals surface area contributed by atoms with Crippen molar-refractivity contribution in [2.45, 2.75) is 0 Å². The Kier molecular flexibility index (Phi) is 5.83. The number of aromatic nitrogens is 1. The fraction of sp³-hybridized carbons (Fsp3) is 0.0667. The van der Waals surface area contributed by atoms with Gasteiger partial charge in [0.05, 0.1) is 12.1 Å². The van der Waals surface area contributed by atoms with E-state index in [1.165, 1.54) is 13.2 Å². The molecule has 0 spiro atoms. The Morgan fingerprint density at radius 3 is 2.77 bits per heavy atom. The van der Waals surface area contributed by atoms with E-state index in [9.17, 15) is 4.79 Å². The normalized spacial score (nSPS) is 10.7. The molecular weight excluding hydrogens is 391 g/mol. The van der Waals surface area contributed by atoms with Crippen LogP contribution in [0.1, 0.15) is 5.56 Å². The first-order valence-corrected chi connectivity index (χ1v) is 7.68. The Morgan fingerprint density at radius 2 is 2.14 bits per heavy atom. The first-order chi connectivity index (χ1) is 10.5. The fourth-order valence-electron chi connectivity index (χ4n) is 1.70. The van der Waals surface area contributed by atoms with Gasteiger partial charge in [0.1, 0.15) is 11.6 Å². The molecule has 4 nitrogen and oxygen atoms in total. The zero-order valence-electron chi connectivity index (χ0n) is 11.4. The molecule has 0 saturated carbocycles. The quantitative estimate of drug-likeness (QED) is 0.747. The van der Waals surface area contributed by atoms with Crippen molar-refractivity contribution in [1.29, 1.82) is 0 Å². The van der Waals surface area contributed by atoms with Gasteiger partial charge in [0, 0.05) is 27.3 Å². The van der Waals surface area contributed by atoms with E-state index in [2.05, 4.69) is 26.2 Å². The summed E-state index contributed by atoms with van der Waals surface area (Å²) in [7, 11) is 1.50. The minimum absolute atomic E-state index is 0.326. The van der Waals surface area contributed by atoms with Gasteiger partial charge in [-0.05, 0) is 46.3 Å². The highest BCUT2D eigenvalue weighted by Crippen LogP contribution is 2.32. The van der Waals surface area contributed by atoms with Gasteiger partial charge in [0.2, 0.25) is 5.91 Å². The molecule has 1 heterocycles. The Balaban J connectivity index is 2.14. The average molecular weight is 402 g/mol. The molecule has 2 aromatic rings. The number of hydrogen-bond donors (Lipinski definition) is 1. The molecule has 0 aliphatic heterocycles. The largest absolute Gasteiger partial charge is 0.495 e. The van der Waals surface area contributed by atoms with Crippen molar-refractivity contribution in [2.75, 3.05) is 12.4 Å². The number of halogens is 3. The number of nitrogens with zero attached hydrogens (tertiary/aromatic N) is 1. The number of anilines is 1. The Labute approximate surface area is 146 Å². The van der Waals surface area contributed by atoms with Gasteiger partial charge in [0.15, 0.2) is 0 Å². The van der Waals surface area contributed by atoms with Crippen molar-refractivity contribution >= 4 is 56.9 Å². The van der Waals surface area contributed by atoms with Crippen molar-refractivity contribution in [3.8, 4) is 5.75 Å². The third-order valence-electron chi connectivity index (χ3n) is 2.63. The van der Waals surface area contributed by atoms with Crippen molar-refractivity contribution < 1.29 is 9.53 Å². The lowest BCUT2D eigenvalue weighted by molar-refractivity contribution is -0.111. The number of ether oxygens (including phenoxy) is 1. The van der Waals surface area contributed by atoms with Crippen LogP contribution in [0.25, 0.3) is 6.08 Å². The number of benzene rings is 1. The zero-order valence-corrected chi connectivity index (χ0v) is 14.5. The van der Waals surface area contributed by atoms with Gasteiger partial charge < -0.3 is 10.1 Å². The first-order valence-electron chi connectivity index (χ1n) is 6.13. The molecule has 1 aromatic heterocycles. The zero-order chi connectivity index (χ0) is 16.1. The number of amides is 1. The minimum atomic E-state index is -0.326.